The lowest BCUT2D eigenvalue weighted by Gasteiger charge is -2.33. The number of carbonyl (C=O) groups excluding carboxylic acids is 2. The van der Waals surface area contributed by atoms with Crippen LogP contribution in [0.5, 0.6) is 0 Å². The van der Waals surface area contributed by atoms with Gasteiger partial charge in [-0.05, 0) is 18.4 Å². The number of carbonyl (C=O) groups is 2. The maximum atomic E-state index is 12.9. The molecule has 1 N–H and O–H groups in total. The third-order valence-corrected chi connectivity index (χ3v) is 5.05. The minimum Gasteiger partial charge on any atom is -0.342 e. The summed E-state index contributed by atoms with van der Waals surface area (Å²) in [4.78, 5) is 32.8. The van der Waals surface area contributed by atoms with Gasteiger partial charge in [-0.2, -0.15) is 0 Å². The lowest BCUT2D eigenvalue weighted by atomic mass is 9.95. The average molecular weight is 369 g/mol. The van der Waals surface area contributed by atoms with Gasteiger partial charge in [0.25, 0.3) is 0 Å². The number of nitrogens with one attached hydrogen (secondary N) is 1. The number of hydrogen-bond donors (Lipinski definition) is 1. The zero-order valence-electron chi connectivity index (χ0n) is 16.1. The Hall–Kier alpha value is -2.83. The van der Waals surface area contributed by atoms with Gasteiger partial charge < -0.3 is 19.7 Å². The molecule has 2 heterocycles. The summed E-state index contributed by atoms with van der Waals surface area (Å²) in [5.74, 6) is 0.723. The topological polar surface area (TPSA) is 70.5 Å². The molecule has 7 nitrogen and oxygen atoms in total. The summed E-state index contributed by atoms with van der Waals surface area (Å²) in [6.07, 6.45) is 4.96. The summed E-state index contributed by atoms with van der Waals surface area (Å²) in [6, 6.07) is 9.59. The van der Waals surface area contributed by atoms with Gasteiger partial charge >= 0.3 is 6.03 Å². The average Bonchev–Trinajstić information content (AvgIpc) is 3.11. The first kappa shape index (κ1) is 18.9. The van der Waals surface area contributed by atoms with E-state index in [0.29, 0.717) is 25.9 Å². The van der Waals surface area contributed by atoms with E-state index in [2.05, 4.69) is 10.3 Å². The lowest BCUT2D eigenvalue weighted by Crippen LogP contribution is -2.47. The molecule has 2 aromatic rings. The Bertz CT molecular complexity index is 779. The third-order valence-electron chi connectivity index (χ3n) is 5.05. The first-order chi connectivity index (χ1) is 13.0. The highest BCUT2D eigenvalue weighted by Crippen LogP contribution is 2.23. The molecule has 1 aromatic heterocycles. The summed E-state index contributed by atoms with van der Waals surface area (Å²) in [5.41, 5.74) is 1.00. The Morgan fingerprint density at radius 3 is 2.41 bits per heavy atom. The Kier molecular flexibility index (Phi) is 5.78. The van der Waals surface area contributed by atoms with Crippen LogP contribution in [0.15, 0.2) is 42.7 Å². The van der Waals surface area contributed by atoms with E-state index in [0.717, 1.165) is 11.4 Å². The SMILES string of the molecule is CN(C)C(=O)N1CCC(C(=O)NC(c2ccccc2)c2nccn2C)CC1. The van der Waals surface area contributed by atoms with Gasteiger partial charge in [-0.25, -0.2) is 9.78 Å². The first-order valence-corrected chi connectivity index (χ1v) is 9.26. The van der Waals surface area contributed by atoms with Crippen LogP contribution in [0.1, 0.15) is 30.3 Å². The van der Waals surface area contributed by atoms with E-state index in [1.54, 1.807) is 30.1 Å². The fraction of sp³-hybridized carbons (Fsp3) is 0.450. The molecule has 144 valence electrons. The molecule has 0 saturated carbocycles. The molecule has 0 aliphatic carbocycles. The third kappa shape index (κ3) is 4.30. The Labute approximate surface area is 160 Å². The van der Waals surface area contributed by atoms with Crippen molar-refractivity contribution in [3.05, 3.63) is 54.1 Å². The second-order valence-electron chi connectivity index (χ2n) is 7.19. The van der Waals surface area contributed by atoms with Crippen LogP contribution in [0.4, 0.5) is 4.79 Å². The van der Waals surface area contributed by atoms with Gasteiger partial charge in [0.05, 0.1) is 0 Å². The van der Waals surface area contributed by atoms with Crippen molar-refractivity contribution in [2.45, 2.75) is 18.9 Å². The highest BCUT2D eigenvalue weighted by atomic mass is 16.2. The van der Waals surface area contributed by atoms with Crippen molar-refractivity contribution < 1.29 is 9.59 Å². The largest absolute Gasteiger partial charge is 0.342 e. The Morgan fingerprint density at radius 2 is 1.85 bits per heavy atom. The highest BCUT2D eigenvalue weighted by molar-refractivity contribution is 5.80. The van der Waals surface area contributed by atoms with Crippen molar-refractivity contribution >= 4 is 11.9 Å². The van der Waals surface area contributed by atoms with Crippen molar-refractivity contribution in [3.63, 3.8) is 0 Å². The van der Waals surface area contributed by atoms with Crippen molar-refractivity contribution in [1.29, 1.82) is 0 Å². The number of nitrogens with zero attached hydrogens (tertiary/aromatic N) is 4. The van der Waals surface area contributed by atoms with E-state index in [4.69, 9.17) is 0 Å². The number of benzene rings is 1. The second kappa shape index (κ2) is 8.24. The summed E-state index contributed by atoms with van der Waals surface area (Å²) in [7, 11) is 5.42. The number of rotatable bonds is 4. The summed E-state index contributed by atoms with van der Waals surface area (Å²) in [5, 5.41) is 3.18. The number of amides is 3. The van der Waals surface area contributed by atoms with E-state index in [1.165, 1.54) is 0 Å². The number of aromatic nitrogens is 2. The predicted molar refractivity (Wildman–Crippen MR) is 103 cm³/mol. The van der Waals surface area contributed by atoms with Crippen LogP contribution in [0.25, 0.3) is 0 Å². The van der Waals surface area contributed by atoms with Crippen LogP contribution in [-0.2, 0) is 11.8 Å². The minimum absolute atomic E-state index is 0.00373. The molecule has 1 atom stereocenters. The fourth-order valence-corrected chi connectivity index (χ4v) is 3.47. The molecule has 7 heteroatoms. The number of likely N-dealkylation sites (tertiary alicyclic amines) is 1. The van der Waals surface area contributed by atoms with Crippen molar-refractivity contribution in [3.8, 4) is 0 Å². The van der Waals surface area contributed by atoms with Gasteiger partial charge in [0.15, 0.2) is 0 Å². The molecule has 1 aromatic carbocycles. The number of hydrogen-bond acceptors (Lipinski definition) is 3. The quantitative estimate of drug-likeness (QED) is 0.896. The zero-order valence-corrected chi connectivity index (χ0v) is 16.1. The molecule has 0 spiro atoms. The Morgan fingerprint density at radius 1 is 1.19 bits per heavy atom. The van der Waals surface area contributed by atoms with Gasteiger partial charge in [0, 0.05) is 52.5 Å². The van der Waals surface area contributed by atoms with E-state index in [9.17, 15) is 9.59 Å². The summed E-state index contributed by atoms with van der Waals surface area (Å²) < 4.78 is 1.93. The molecule has 1 aliphatic rings. The molecule has 1 aliphatic heterocycles. The summed E-state index contributed by atoms with van der Waals surface area (Å²) >= 11 is 0. The summed E-state index contributed by atoms with van der Waals surface area (Å²) in [6.45, 7) is 1.21. The maximum Gasteiger partial charge on any atom is 0.319 e. The van der Waals surface area contributed by atoms with Crippen LogP contribution in [-0.4, -0.2) is 58.5 Å². The van der Waals surface area contributed by atoms with Gasteiger partial charge in [-0.1, -0.05) is 30.3 Å². The monoisotopic (exact) mass is 369 g/mol. The van der Waals surface area contributed by atoms with E-state index in [1.807, 2.05) is 48.1 Å². The van der Waals surface area contributed by atoms with Gasteiger partial charge in [0.1, 0.15) is 11.9 Å². The zero-order chi connectivity index (χ0) is 19.4. The molecule has 3 rings (SSSR count). The Balaban J connectivity index is 1.69. The lowest BCUT2D eigenvalue weighted by molar-refractivity contribution is -0.126. The van der Waals surface area contributed by atoms with Crippen LogP contribution in [0.2, 0.25) is 0 Å². The molecule has 1 saturated heterocycles. The van der Waals surface area contributed by atoms with Crippen molar-refractivity contribution in [2.75, 3.05) is 27.2 Å². The molecule has 1 fully saturated rings. The smallest absolute Gasteiger partial charge is 0.319 e. The van der Waals surface area contributed by atoms with Crippen LogP contribution in [0, 0.1) is 5.92 Å². The standard InChI is InChI=1S/C20H27N5O2/c1-23(2)20(27)25-12-9-16(10-13-25)19(26)22-17(15-7-5-4-6-8-15)18-21-11-14-24(18)3/h4-8,11,14,16-17H,9-10,12-13H2,1-3H3,(H,22,26). The number of urea groups is 1. The maximum absolute atomic E-state index is 12.9. The molecule has 0 bridgehead atoms. The van der Waals surface area contributed by atoms with Gasteiger partial charge in [-0.15, -0.1) is 0 Å². The number of piperidine rings is 1. The minimum atomic E-state index is -0.292. The molecule has 27 heavy (non-hydrogen) atoms. The molecule has 3 amide bonds. The van der Waals surface area contributed by atoms with E-state index in [-0.39, 0.29) is 23.9 Å². The van der Waals surface area contributed by atoms with E-state index < -0.39 is 0 Å². The highest BCUT2D eigenvalue weighted by Gasteiger charge is 2.30. The van der Waals surface area contributed by atoms with Gasteiger partial charge in [-0.3, -0.25) is 4.79 Å². The predicted octanol–water partition coefficient (Wildman–Crippen LogP) is 2.02. The van der Waals surface area contributed by atoms with Crippen LogP contribution >= 0.6 is 0 Å². The van der Waals surface area contributed by atoms with Crippen molar-refractivity contribution in [2.24, 2.45) is 13.0 Å². The van der Waals surface area contributed by atoms with Crippen LogP contribution < -0.4 is 5.32 Å². The molecule has 0 radical (unpaired) electrons. The number of imidazole rings is 1. The van der Waals surface area contributed by atoms with Crippen molar-refractivity contribution in [1.82, 2.24) is 24.7 Å². The van der Waals surface area contributed by atoms with Crippen LogP contribution in [0.3, 0.4) is 0 Å². The first-order valence-electron chi connectivity index (χ1n) is 9.26. The molecular weight excluding hydrogens is 342 g/mol. The van der Waals surface area contributed by atoms with E-state index >= 15 is 0 Å². The molecular formula is C20H27N5O2. The van der Waals surface area contributed by atoms with Gasteiger partial charge in [0.2, 0.25) is 5.91 Å². The fourth-order valence-electron chi connectivity index (χ4n) is 3.47. The second-order valence-corrected chi connectivity index (χ2v) is 7.19. The number of aryl methyl sites for hydroxylation is 1. The molecule has 1 unspecified atom stereocenters. The normalized spacial score (nSPS) is 16.0.